The van der Waals surface area contributed by atoms with Crippen LogP contribution in [0, 0.1) is 0 Å². The minimum Gasteiger partial charge on any atom is -0.295 e. The first-order chi connectivity index (χ1) is 7.09. The minimum atomic E-state index is -0.0503. The monoisotopic (exact) mass is 201 g/mol. The summed E-state index contributed by atoms with van der Waals surface area (Å²) in [5.41, 5.74) is 1.42. The molecule has 0 bridgehead atoms. The third kappa shape index (κ3) is 1.56. The molecule has 0 aliphatic rings. The first kappa shape index (κ1) is 9.65. The average molecular weight is 201 g/mol. The molecular weight excluding hydrogens is 190 g/mol. The molecule has 3 heteroatoms. The molecule has 0 fully saturated rings. The van der Waals surface area contributed by atoms with E-state index in [9.17, 15) is 9.59 Å². The number of Topliss-reactive ketones (excluding diaryl/α,β-unsaturated/α-hetero) is 1. The van der Waals surface area contributed by atoms with E-state index in [1.807, 2.05) is 12.1 Å². The molecule has 0 saturated heterocycles. The Hall–Kier alpha value is -1.90. The van der Waals surface area contributed by atoms with Crippen LogP contribution in [0.5, 0.6) is 0 Å². The molecule has 0 aliphatic carbocycles. The van der Waals surface area contributed by atoms with Crippen molar-refractivity contribution in [2.24, 2.45) is 0 Å². The molecule has 15 heavy (non-hydrogen) atoms. The van der Waals surface area contributed by atoms with Crippen LogP contribution in [-0.4, -0.2) is 16.3 Å². The summed E-state index contributed by atoms with van der Waals surface area (Å²) in [6.45, 7) is 3.02. The number of hydrogen-bond donors (Lipinski definition) is 0. The van der Waals surface area contributed by atoms with Gasteiger partial charge in [0.15, 0.2) is 5.78 Å². The fourth-order valence-corrected chi connectivity index (χ4v) is 1.62. The molecule has 2 aromatic rings. The molecule has 1 heterocycles. The van der Waals surface area contributed by atoms with Gasteiger partial charge in [-0.2, -0.15) is 0 Å². The second-order valence-corrected chi connectivity index (χ2v) is 3.53. The topological polar surface area (TPSA) is 39.1 Å². The Morgan fingerprint density at radius 2 is 1.87 bits per heavy atom. The number of rotatable bonds is 1. The Balaban J connectivity index is 2.72. The molecular formula is C12H11NO2. The Morgan fingerprint density at radius 3 is 2.47 bits per heavy atom. The predicted octanol–water partition coefficient (Wildman–Crippen LogP) is 2.50. The molecule has 1 aromatic carbocycles. The van der Waals surface area contributed by atoms with E-state index in [0.717, 1.165) is 10.9 Å². The van der Waals surface area contributed by atoms with Gasteiger partial charge in [-0.15, -0.1) is 0 Å². The van der Waals surface area contributed by atoms with Crippen molar-refractivity contribution >= 4 is 22.6 Å². The van der Waals surface area contributed by atoms with Gasteiger partial charge in [0.1, 0.15) is 0 Å². The van der Waals surface area contributed by atoms with Crippen molar-refractivity contribution in [1.82, 2.24) is 4.57 Å². The standard InChI is InChI=1S/C12H11NO2/c1-8(14)11-4-3-10-5-6-13(9(2)15)12(10)7-11/h3-7H,1-2H3. The SMILES string of the molecule is CC(=O)c1ccc2ccn(C(C)=O)c2c1. The van der Waals surface area contributed by atoms with Gasteiger partial charge in [-0.3, -0.25) is 14.2 Å². The third-order valence-corrected chi connectivity index (χ3v) is 2.44. The molecule has 2 rings (SSSR count). The predicted molar refractivity (Wildman–Crippen MR) is 58.2 cm³/mol. The van der Waals surface area contributed by atoms with E-state index in [0.29, 0.717) is 5.56 Å². The van der Waals surface area contributed by atoms with Gasteiger partial charge >= 0.3 is 0 Å². The highest BCUT2D eigenvalue weighted by molar-refractivity contribution is 5.99. The van der Waals surface area contributed by atoms with Gasteiger partial charge < -0.3 is 0 Å². The highest BCUT2D eigenvalue weighted by Crippen LogP contribution is 2.17. The zero-order valence-electron chi connectivity index (χ0n) is 8.65. The van der Waals surface area contributed by atoms with Crippen LogP contribution in [0.15, 0.2) is 30.5 Å². The number of benzene rings is 1. The molecule has 0 radical (unpaired) electrons. The minimum absolute atomic E-state index is 0.00759. The molecule has 0 unspecified atom stereocenters. The summed E-state index contributed by atoms with van der Waals surface area (Å²) in [6, 6.07) is 7.24. The number of aromatic nitrogens is 1. The van der Waals surface area contributed by atoms with Gasteiger partial charge in [0, 0.05) is 24.1 Å². The fourth-order valence-electron chi connectivity index (χ4n) is 1.62. The van der Waals surface area contributed by atoms with E-state index in [-0.39, 0.29) is 11.7 Å². The van der Waals surface area contributed by atoms with Crippen LogP contribution in [0.4, 0.5) is 0 Å². The molecule has 76 valence electrons. The maximum Gasteiger partial charge on any atom is 0.227 e. The van der Waals surface area contributed by atoms with Gasteiger partial charge in [-0.25, -0.2) is 0 Å². The van der Waals surface area contributed by atoms with Crippen LogP contribution < -0.4 is 0 Å². The Kier molecular flexibility index (Phi) is 2.15. The molecule has 1 aromatic heterocycles. The van der Waals surface area contributed by atoms with Crippen LogP contribution in [0.1, 0.15) is 29.0 Å². The first-order valence-electron chi connectivity index (χ1n) is 4.72. The summed E-state index contributed by atoms with van der Waals surface area (Å²) in [4.78, 5) is 22.5. The first-order valence-corrected chi connectivity index (χ1v) is 4.72. The number of fused-ring (bicyclic) bond motifs is 1. The van der Waals surface area contributed by atoms with Crippen molar-refractivity contribution in [1.29, 1.82) is 0 Å². The molecule has 0 amide bonds. The summed E-state index contributed by atoms with van der Waals surface area (Å²) >= 11 is 0. The quantitative estimate of drug-likeness (QED) is 0.665. The van der Waals surface area contributed by atoms with E-state index in [4.69, 9.17) is 0 Å². The van der Waals surface area contributed by atoms with Gasteiger partial charge in [-0.1, -0.05) is 12.1 Å². The highest BCUT2D eigenvalue weighted by atomic mass is 16.1. The maximum atomic E-state index is 11.3. The van der Waals surface area contributed by atoms with E-state index in [1.54, 1.807) is 22.9 Å². The summed E-state index contributed by atoms with van der Waals surface area (Å²) in [7, 11) is 0. The van der Waals surface area contributed by atoms with E-state index in [2.05, 4.69) is 0 Å². The summed E-state index contributed by atoms with van der Waals surface area (Å²) in [5, 5.41) is 0.968. The number of nitrogens with zero attached hydrogens (tertiary/aromatic N) is 1. The second kappa shape index (κ2) is 3.35. The van der Waals surface area contributed by atoms with E-state index in [1.165, 1.54) is 13.8 Å². The highest BCUT2D eigenvalue weighted by Gasteiger charge is 2.06. The van der Waals surface area contributed by atoms with Crippen molar-refractivity contribution in [3.8, 4) is 0 Å². The van der Waals surface area contributed by atoms with Crippen LogP contribution in [0.3, 0.4) is 0 Å². The largest absolute Gasteiger partial charge is 0.295 e. The van der Waals surface area contributed by atoms with E-state index < -0.39 is 0 Å². The summed E-state index contributed by atoms with van der Waals surface area (Å²) in [5.74, 6) is -0.0427. The van der Waals surface area contributed by atoms with Gasteiger partial charge in [0.25, 0.3) is 0 Å². The molecule has 0 aliphatic heterocycles. The van der Waals surface area contributed by atoms with Crippen molar-refractivity contribution in [2.45, 2.75) is 13.8 Å². The molecule has 0 saturated carbocycles. The lowest BCUT2D eigenvalue weighted by Crippen LogP contribution is -2.03. The molecule has 0 spiro atoms. The van der Waals surface area contributed by atoms with Crippen LogP contribution in [-0.2, 0) is 0 Å². The molecule has 0 atom stereocenters. The number of ketones is 1. The van der Waals surface area contributed by atoms with Crippen molar-refractivity contribution in [3.05, 3.63) is 36.0 Å². The lowest BCUT2D eigenvalue weighted by Gasteiger charge is -2.00. The van der Waals surface area contributed by atoms with Crippen molar-refractivity contribution in [3.63, 3.8) is 0 Å². The van der Waals surface area contributed by atoms with Crippen molar-refractivity contribution in [2.75, 3.05) is 0 Å². The zero-order chi connectivity index (χ0) is 11.0. The van der Waals surface area contributed by atoms with Gasteiger partial charge in [0.05, 0.1) is 5.52 Å². The van der Waals surface area contributed by atoms with Gasteiger partial charge in [0.2, 0.25) is 5.91 Å². The average Bonchev–Trinajstić information content (AvgIpc) is 2.59. The molecule has 3 nitrogen and oxygen atoms in total. The number of carbonyl (C=O) groups excluding carboxylic acids is 2. The smallest absolute Gasteiger partial charge is 0.227 e. The molecule has 0 N–H and O–H groups in total. The lowest BCUT2D eigenvalue weighted by molar-refractivity contribution is 0.0940. The normalized spacial score (nSPS) is 10.5. The third-order valence-electron chi connectivity index (χ3n) is 2.44. The Bertz CT molecular complexity index is 552. The van der Waals surface area contributed by atoms with E-state index >= 15 is 0 Å². The van der Waals surface area contributed by atoms with Gasteiger partial charge in [-0.05, 0) is 19.1 Å². The van der Waals surface area contributed by atoms with Crippen LogP contribution in [0.2, 0.25) is 0 Å². The fraction of sp³-hybridized carbons (Fsp3) is 0.167. The Morgan fingerprint density at radius 1 is 1.13 bits per heavy atom. The second-order valence-electron chi connectivity index (χ2n) is 3.53. The zero-order valence-corrected chi connectivity index (χ0v) is 8.65. The maximum absolute atomic E-state index is 11.3. The summed E-state index contributed by atoms with van der Waals surface area (Å²) in [6.07, 6.45) is 1.72. The van der Waals surface area contributed by atoms with Crippen LogP contribution in [0.25, 0.3) is 10.9 Å². The Labute approximate surface area is 87.3 Å². The van der Waals surface area contributed by atoms with Crippen molar-refractivity contribution < 1.29 is 9.59 Å². The lowest BCUT2D eigenvalue weighted by atomic mass is 10.1. The van der Waals surface area contributed by atoms with Crippen LogP contribution >= 0.6 is 0 Å². The number of hydrogen-bond acceptors (Lipinski definition) is 2. The number of carbonyl (C=O) groups is 2. The summed E-state index contributed by atoms with van der Waals surface area (Å²) < 4.78 is 1.54.